The van der Waals surface area contributed by atoms with Crippen molar-refractivity contribution >= 4 is 29.4 Å². The Hall–Kier alpha value is -1.69. The topological polar surface area (TPSA) is 58.6 Å². The molecule has 6 heteroatoms. The van der Waals surface area contributed by atoms with Crippen LogP contribution in [-0.4, -0.2) is 41.7 Å². The first-order chi connectivity index (χ1) is 11.3. The van der Waals surface area contributed by atoms with Gasteiger partial charge in [0, 0.05) is 24.0 Å². The van der Waals surface area contributed by atoms with Gasteiger partial charge in [-0.05, 0) is 45.7 Å². The Balaban J connectivity index is 1.72. The third kappa shape index (κ3) is 5.16. The highest BCUT2D eigenvalue weighted by atomic mass is 32.2. The molecule has 1 unspecified atom stereocenters. The number of benzene rings is 1. The van der Waals surface area contributed by atoms with E-state index in [-0.39, 0.29) is 11.9 Å². The monoisotopic (exact) mass is 350 g/mol. The molecule has 0 spiro atoms. The molecule has 24 heavy (non-hydrogen) atoms. The lowest BCUT2D eigenvalue weighted by Gasteiger charge is -2.22. The van der Waals surface area contributed by atoms with Crippen LogP contribution in [0, 0.1) is 0 Å². The van der Waals surface area contributed by atoms with Crippen molar-refractivity contribution in [2.24, 2.45) is 0 Å². The third-order valence-electron chi connectivity index (χ3n) is 3.62. The molecule has 0 saturated heterocycles. The molecule has 2 amide bonds. The highest BCUT2D eigenvalue weighted by molar-refractivity contribution is 7.99. The number of nitrogens with zero attached hydrogens (tertiary/aromatic N) is 1. The number of fused-ring (bicyclic) bond motifs is 1. The lowest BCUT2D eigenvalue weighted by Crippen LogP contribution is -2.37. The standard InChI is InChI=1S/C18H26N2O3S/c1-13-11-14-7-5-6-8-15(14)20(13)16(21)12-24-10-9-19-17(22)23-18(2,3)4/h5-8,13H,9-12H2,1-4H3,(H,19,22). The van der Waals surface area contributed by atoms with Gasteiger partial charge in [-0.15, -0.1) is 0 Å². The summed E-state index contributed by atoms with van der Waals surface area (Å²) in [7, 11) is 0. The number of hydrogen-bond donors (Lipinski definition) is 1. The first-order valence-corrected chi connectivity index (χ1v) is 9.38. The summed E-state index contributed by atoms with van der Waals surface area (Å²) in [5.74, 6) is 1.21. The fourth-order valence-electron chi connectivity index (χ4n) is 2.71. The molecule has 0 fully saturated rings. The molecule has 1 aliphatic rings. The Kier molecular flexibility index (Phi) is 6.15. The van der Waals surface area contributed by atoms with Gasteiger partial charge in [0.2, 0.25) is 5.91 Å². The van der Waals surface area contributed by atoms with E-state index in [4.69, 9.17) is 4.74 Å². The Morgan fingerprint density at radius 1 is 1.33 bits per heavy atom. The normalized spacial score (nSPS) is 16.7. The number of carbonyl (C=O) groups excluding carboxylic acids is 2. The number of carbonyl (C=O) groups is 2. The fourth-order valence-corrected chi connectivity index (χ4v) is 3.42. The van der Waals surface area contributed by atoms with Crippen LogP contribution in [-0.2, 0) is 16.0 Å². The summed E-state index contributed by atoms with van der Waals surface area (Å²) in [6, 6.07) is 8.27. The second kappa shape index (κ2) is 7.92. The Bertz CT molecular complexity index is 598. The van der Waals surface area contributed by atoms with Gasteiger partial charge in [0.25, 0.3) is 0 Å². The predicted octanol–water partition coefficient (Wildman–Crippen LogP) is 3.22. The molecule has 0 aliphatic carbocycles. The van der Waals surface area contributed by atoms with Gasteiger partial charge in [0.1, 0.15) is 5.60 Å². The van der Waals surface area contributed by atoms with Crippen LogP contribution >= 0.6 is 11.8 Å². The number of ether oxygens (including phenoxy) is 1. The van der Waals surface area contributed by atoms with Crippen molar-refractivity contribution in [3.8, 4) is 0 Å². The molecular weight excluding hydrogens is 324 g/mol. The molecule has 1 heterocycles. The maximum atomic E-state index is 12.5. The summed E-state index contributed by atoms with van der Waals surface area (Å²) < 4.78 is 5.17. The maximum absolute atomic E-state index is 12.5. The van der Waals surface area contributed by atoms with Gasteiger partial charge in [-0.1, -0.05) is 18.2 Å². The van der Waals surface area contributed by atoms with E-state index < -0.39 is 11.7 Å². The zero-order valence-corrected chi connectivity index (χ0v) is 15.6. The summed E-state index contributed by atoms with van der Waals surface area (Å²) >= 11 is 1.52. The summed E-state index contributed by atoms with van der Waals surface area (Å²) in [6.07, 6.45) is 0.490. The van der Waals surface area contributed by atoms with Crippen molar-refractivity contribution in [3.05, 3.63) is 29.8 Å². The fraction of sp³-hybridized carbons (Fsp3) is 0.556. The molecule has 0 aromatic heterocycles. The average Bonchev–Trinajstić information content (AvgIpc) is 2.80. The van der Waals surface area contributed by atoms with Crippen molar-refractivity contribution in [2.75, 3.05) is 23.0 Å². The van der Waals surface area contributed by atoms with E-state index in [0.717, 1.165) is 12.1 Å². The third-order valence-corrected chi connectivity index (χ3v) is 4.56. The Labute approximate surface area is 148 Å². The lowest BCUT2D eigenvalue weighted by molar-refractivity contribution is -0.116. The quantitative estimate of drug-likeness (QED) is 0.829. The number of amides is 2. The second-order valence-electron chi connectivity index (χ2n) is 6.93. The number of thioether (sulfide) groups is 1. The van der Waals surface area contributed by atoms with Crippen LogP contribution in [0.25, 0.3) is 0 Å². The van der Waals surface area contributed by atoms with Gasteiger partial charge in [-0.3, -0.25) is 4.79 Å². The van der Waals surface area contributed by atoms with E-state index >= 15 is 0 Å². The molecule has 1 atom stereocenters. The van der Waals surface area contributed by atoms with Gasteiger partial charge >= 0.3 is 6.09 Å². The molecule has 0 radical (unpaired) electrons. The van der Waals surface area contributed by atoms with Crippen LogP contribution in [0.3, 0.4) is 0 Å². The second-order valence-corrected chi connectivity index (χ2v) is 8.03. The molecule has 0 saturated carbocycles. The van der Waals surface area contributed by atoms with Crippen LogP contribution < -0.4 is 10.2 Å². The predicted molar refractivity (Wildman–Crippen MR) is 98.7 cm³/mol. The van der Waals surface area contributed by atoms with Gasteiger partial charge in [-0.2, -0.15) is 11.8 Å². The molecule has 1 aliphatic heterocycles. The van der Waals surface area contributed by atoms with Crippen molar-refractivity contribution in [1.82, 2.24) is 5.32 Å². The van der Waals surface area contributed by atoms with E-state index in [1.54, 1.807) is 0 Å². The SMILES string of the molecule is CC1Cc2ccccc2N1C(=O)CSCCNC(=O)OC(C)(C)C. The van der Waals surface area contributed by atoms with Crippen LogP contribution in [0.5, 0.6) is 0 Å². The molecule has 1 aromatic rings. The summed E-state index contributed by atoms with van der Waals surface area (Å²) in [5.41, 5.74) is 1.77. The molecule has 2 rings (SSSR count). The number of para-hydroxylation sites is 1. The van der Waals surface area contributed by atoms with Gasteiger partial charge in [0.05, 0.1) is 5.75 Å². The molecular formula is C18H26N2O3S. The van der Waals surface area contributed by atoms with E-state index in [1.807, 2.05) is 43.9 Å². The minimum Gasteiger partial charge on any atom is -0.444 e. The highest BCUT2D eigenvalue weighted by Gasteiger charge is 2.30. The largest absolute Gasteiger partial charge is 0.444 e. The van der Waals surface area contributed by atoms with E-state index in [1.165, 1.54) is 17.3 Å². The zero-order valence-electron chi connectivity index (χ0n) is 14.8. The highest BCUT2D eigenvalue weighted by Crippen LogP contribution is 2.32. The van der Waals surface area contributed by atoms with Gasteiger partial charge in [0.15, 0.2) is 0 Å². The van der Waals surface area contributed by atoms with Crippen molar-refractivity contribution in [2.45, 2.75) is 45.8 Å². The van der Waals surface area contributed by atoms with Crippen LogP contribution in [0.4, 0.5) is 10.5 Å². The minimum absolute atomic E-state index is 0.120. The van der Waals surface area contributed by atoms with Crippen LogP contribution in [0.1, 0.15) is 33.3 Å². The summed E-state index contributed by atoms with van der Waals surface area (Å²) in [5, 5.41) is 2.70. The minimum atomic E-state index is -0.494. The Morgan fingerprint density at radius 3 is 2.75 bits per heavy atom. The smallest absolute Gasteiger partial charge is 0.407 e. The first-order valence-electron chi connectivity index (χ1n) is 8.22. The summed E-state index contributed by atoms with van der Waals surface area (Å²) in [6.45, 7) is 8.05. The van der Waals surface area contributed by atoms with Gasteiger partial charge in [-0.25, -0.2) is 4.79 Å². The number of anilines is 1. The maximum Gasteiger partial charge on any atom is 0.407 e. The number of nitrogens with one attached hydrogen (secondary N) is 1. The zero-order chi connectivity index (χ0) is 17.7. The van der Waals surface area contributed by atoms with E-state index in [0.29, 0.717) is 18.1 Å². The number of alkyl carbamates (subject to hydrolysis) is 1. The summed E-state index contributed by atoms with van der Waals surface area (Å²) in [4.78, 5) is 25.9. The molecule has 132 valence electrons. The van der Waals surface area contributed by atoms with E-state index in [2.05, 4.69) is 18.3 Å². The Morgan fingerprint density at radius 2 is 2.04 bits per heavy atom. The van der Waals surface area contributed by atoms with Crippen LogP contribution in [0.15, 0.2) is 24.3 Å². The molecule has 5 nitrogen and oxygen atoms in total. The van der Waals surface area contributed by atoms with Crippen molar-refractivity contribution in [1.29, 1.82) is 0 Å². The number of rotatable bonds is 5. The molecule has 0 bridgehead atoms. The average molecular weight is 350 g/mol. The van der Waals surface area contributed by atoms with Gasteiger partial charge < -0.3 is 15.0 Å². The molecule has 1 aromatic carbocycles. The molecule has 1 N–H and O–H groups in total. The van der Waals surface area contributed by atoms with Crippen molar-refractivity contribution < 1.29 is 14.3 Å². The lowest BCUT2D eigenvalue weighted by atomic mass is 10.1. The van der Waals surface area contributed by atoms with Crippen LogP contribution in [0.2, 0.25) is 0 Å². The number of hydrogen-bond acceptors (Lipinski definition) is 4. The first kappa shape index (κ1) is 18.6. The van der Waals surface area contributed by atoms with E-state index in [9.17, 15) is 9.59 Å². The van der Waals surface area contributed by atoms with Crippen molar-refractivity contribution in [3.63, 3.8) is 0 Å².